The molecule has 180 valence electrons. The highest BCUT2D eigenvalue weighted by atomic mass is 32.1. The summed E-state index contributed by atoms with van der Waals surface area (Å²) in [5, 5.41) is 13.6. The quantitative estimate of drug-likeness (QED) is 0.607. The van der Waals surface area contributed by atoms with Gasteiger partial charge in [0.1, 0.15) is 11.6 Å². The van der Waals surface area contributed by atoms with Gasteiger partial charge in [-0.25, -0.2) is 15.0 Å². The van der Waals surface area contributed by atoms with E-state index in [1.165, 1.54) is 4.88 Å². The van der Waals surface area contributed by atoms with Crippen molar-refractivity contribution in [3.63, 3.8) is 0 Å². The van der Waals surface area contributed by atoms with Crippen molar-refractivity contribution in [1.29, 1.82) is 0 Å². The maximum absolute atomic E-state index is 13.2. The lowest BCUT2D eigenvalue weighted by Gasteiger charge is -2.39. The van der Waals surface area contributed by atoms with Crippen LogP contribution in [0.1, 0.15) is 67.8 Å². The van der Waals surface area contributed by atoms with Gasteiger partial charge in [0, 0.05) is 48.4 Å². The van der Waals surface area contributed by atoms with Crippen molar-refractivity contribution in [1.82, 2.24) is 24.8 Å². The number of aliphatic hydroxyl groups excluding tert-OH is 1. The molecule has 0 unspecified atom stereocenters. The Bertz CT molecular complexity index is 925. The van der Waals surface area contributed by atoms with E-state index in [-0.39, 0.29) is 24.5 Å². The van der Waals surface area contributed by atoms with E-state index in [0.29, 0.717) is 6.54 Å². The molecule has 0 aromatic carbocycles. The first-order valence-corrected chi connectivity index (χ1v) is 13.1. The molecule has 1 amide bonds. The second-order valence-corrected chi connectivity index (χ2v) is 10.2. The smallest absolute Gasteiger partial charge is 0.239 e. The topological polar surface area (TPSA) is 94.5 Å². The Morgan fingerprint density at radius 1 is 1.21 bits per heavy atom. The third-order valence-corrected chi connectivity index (χ3v) is 7.59. The number of hydrogen-bond acceptors (Lipinski definition) is 8. The maximum atomic E-state index is 13.2. The van der Waals surface area contributed by atoms with Gasteiger partial charge >= 0.3 is 0 Å². The number of aryl methyl sites for hydroxylation is 2. The maximum Gasteiger partial charge on any atom is 0.239 e. The molecule has 0 saturated carbocycles. The van der Waals surface area contributed by atoms with Gasteiger partial charge in [-0.05, 0) is 45.6 Å². The van der Waals surface area contributed by atoms with Crippen molar-refractivity contribution in [2.75, 3.05) is 38.1 Å². The highest BCUT2D eigenvalue weighted by Gasteiger charge is 2.34. The lowest BCUT2D eigenvalue weighted by Crippen LogP contribution is -2.53. The number of carbonyl (C=O) groups is 1. The second-order valence-electron chi connectivity index (χ2n) is 9.13. The van der Waals surface area contributed by atoms with Crippen molar-refractivity contribution in [3.8, 4) is 0 Å². The van der Waals surface area contributed by atoms with Crippen LogP contribution in [0.25, 0.3) is 0 Å². The molecule has 1 atom stereocenters. The predicted molar refractivity (Wildman–Crippen MR) is 131 cm³/mol. The summed E-state index contributed by atoms with van der Waals surface area (Å²) in [6.07, 6.45) is 8.92. The van der Waals surface area contributed by atoms with Crippen LogP contribution in [0, 0.1) is 6.92 Å². The van der Waals surface area contributed by atoms with E-state index in [0.717, 1.165) is 87.0 Å². The Kier molecular flexibility index (Phi) is 8.27. The zero-order valence-electron chi connectivity index (χ0n) is 19.8. The summed E-state index contributed by atoms with van der Waals surface area (Å²) in [5.74, 6) is 2.12. The molecule has 0 spiro atoms. The molecule has 2 N–H and O–H groups in total. The molecule has 0 aliphatic carbocycles. The van der Waals surface area contributed by atoms with Crippen LogP contribution in [0.4, 0.5) is 10.9 Å². The van der Waals surface area contributed by atoms with Crippen LogP contribution >= 0.6 is 11.3 Å². The van der Waals surface area contributed by atoms with Gasteiger partial charge in [0.2, 0.25) is 5.91 Å². The summed E-state index contributed by atoms with van der Waals surface area (Å²) in [4.78, 5) is 32.7. The average molecular weight is 473 g/mol. The molecule has 8 nitrogen and oxygen atoms in total. The number of likely N-dealkylation sites (tertiary alicyclic amines) is 2. The van der Waals surface area contributed by atoms with Crippen LogP contribution < -0.4 is 5.32 Å². The molecule has 2 aliphatic rings. The van der Waals surface area contributed by atoms with Gasteiger partial charge in [0.25, 0.3) is 0 Å². The monoisotopic (exact) mass is 472 g/mol. The summed E-state index contributed by atoms with van der Waals surface area (Å²) in [6, 6.07) is 1.88. The number of aromatic nitrogens is 3. The van der Waals surface area contributed by atoms with Crippen LogP contribution in [0.2, 0.25) is 0 Å². The first kappa shape index (κ1) is 24.0. The number of piperidine rings is 2. The van der Waals surface area contributed by atoms with E-state index in [9.17, 15) is 9.90 Å². The van der Waals surface area contributed by atoms with E-state index in [1.807, 2.05) is 24.1 Å². The number of thiazole rings is 1. The number of carbonyl (C=O) groups excluding carboxylic acids is 1. The van der Waals surface area contributed by atoms with E-state index >= 15 is 0 Å². The molecule has 0 bridgehead atoms. The zero-order valence-corrected chi connectivity index (χ0v) is 20.6. The zero-order chi connectivity index (χ0) is 23.2. The van der Waals surface area contributed by atoms with Gasteiger partial charge in [0.15, 0.2) is 5.13 Å². The Morgan fingerprint density at radius 2 is 2.03 bits per heavy atom. The Hall–Kier alpha value is -2.10. The highest BCUT2D eigenvalue weighted by molar-refractivity contribution is 7.15. The van der Waals surface area contributed by atoms with Crippen molar-refractivity contribution in [2.45, 2.75) is 70.8 Å². The van der Waals surface area contributed by atoms with Gasteiger partial charge in [-0.15, -0.1) is 11.3 Å². The lowest BCUT2D eigenvalue weighted by molar-refractivity contribution is -0.139. The van der Waals surface area contributed by atoms with Crippen molar-refractivity contribution in [2.24, 2.45) is 0 Å². The van der Waals surface area contributed by atoms with Gasteiger partial charge in [-0.3, -0.25) is 9.69 Å². The summed E-state index contributed by atoms with van der Waals surface area (Å²) in [6.45, 7) is 7.23. The fourth-order valence-electron chi connectivity index (χ4n) is 4.91. The molecule has 2 aliphatic heterocycles. The molecular formula is C24H36N6O2S. The van der Waals surface area contributed by atoms with E-state index in [2.05, 4.69) is 22.1 Å². The van der Waals surface area contributed by atoms with Gasteiger partial charge in [0.05, 0.1) is 12.6 Å². The number of nitrogens with one attached hydrogen (secondary N) is 1. The predicted octanol–water partition coefficient (Wildman–Crippen LogP) is 3.49. The Morgan fingerprint density at radius 3 is 2.79 bits per heavy atom. The highest BCUT2D eigenvalue weighted by Crippen LogP contribution is 2.29. The minimum atomic E-state index is -0.0793. The van der Waals surface area contributed by atoms with Gasteiger partial charge < -0.3 is 15.3 Å². The number of aliphatic hydroxyl groups is 1. The number of rotatable bonds is 8. The van der Waals surface area contributed by atoms with Crippen LogP contribution in [-0.4, -0.2) is 74.6 Å². The Labute approximate surface area is 200 Å². The molecule has 2 saturated heterocycles. The van der Waals surface area contributed by atoms with E-state index < -0.39 is 0 Å². The fraction of sp³-hybridized carbons (Fsp3) is 0.667. The first-order chi connectivity index (χ1) is 16.1. The largest absolute Gasteiger partial charge is 0.395 e. The van der Waals surface area contributed by atoms with E-state index in [4.69, 9.17) is 9.97 Å². The van der Waals surface area contributed by atoms with Crippen molar-refractivity contribution < 1.29 is 9.90 Å². The molecule has 2 aromatic heterocycles. The molecule has 2 fully saturated rings. The number of anilines is 2. The summed E-state index contributed by atoms with van der Waals surface area (Å²) < 4.78 is 0. The molecule has 2 aromatic rings. The number of amides is 1. The fourth-order valence-corrected chi connectivity index (χ4v) is 5.83. The SMILES string of the molecule is CCCc1cnc(Nc2cc(C)nc(C3CCN(C(=O)[C@H]4CCCCN4CCO)CC3)n2)s1. The first-order valence-electron chi connectivity index (χ1n) is 12.3. The molecule has 33 heavy (non-hydrogen) atoms. The van der Waals surface area contributed by atoms with Crippen LogP contribution in [0.3, 0.4) is 0 Å². The van der Waals surface area contributed by atoms with Crippen LogP contribution in [0.15, 0.2) is 12.3 Å². The lowest BCUT2D eigenvalue weighted by atomic mass is 9.94. The van der Waals surface area contributed by atoms with E-state index in [1.54, 1.807) is 11.3 Å². The Balaban J connectivity index is 1.37. The normalized spacial score (nSPS) is 20.2. The van der Waals surface area contributed by atoms with Crippen molar-refractivity contribution in [3.05, 3.63) is 28.7 Å². The van der Waals surface area contributed by atoms with Gasteiger partial charge in [-0.2, -0.15) is 0 Å². The summed E-state index contributed by atoms with van der Waals surface area (Å²) in [7, 11) is 0. The summed E-state index contributed by atoms with van der Waals surface area (Å²) in [5.41, 5.74) is 0.938. The number of nitrogens with zero attached hydrogens (tertiary/aromatic N) is 5. The minimum Gasteiger partial charge on any atom is -0.395 e. The van der Waals surface area contributed by atoms with Crippen LogP contribution in [-0.2, 0) is 11.2 Å². The number of hydrogen-bond donors (Lipinski definition) is 2. The third kappa shape index (κ3) is 6.07. The van der Waals surface area contributed by atoms with Gasteiger partial charge in [-0.1, -0.05) is 19.8 Å². The molecule has 4 heterocycles. The molecule has 4 rings (SSSR count). The molecule has 9 heteroatoms. The molecular weight excluding hydrogens is 436 g/mol. The van der Waals surface area contributed by atoms with Crippen molar-refractivity contribution >= 4 is 28.2 Å². The minimum absolute atomic E-state index is 0.0793. The van der Waals surface area contributed by atoms with Crippen LogP contribution in [0.5, 0.6) is 0 Å². The number of β-amino-alcohol motifs (C(OH)–C–C–N with tert-alkyl or cyclic N) is 1. The standard InChI is InChI=1S/C24H36N6O2S/c1-3-6-19-16-25-24(33-19)28-21-15-17(2)26-22(27-21)18-8-11-30(12-9-18)23(32)20-7-4-5-10-29(20)13-14-31/h15-16,18,20,31H,3-14H2,1-2H3,(H,25,26,27,28)/t20-/m1/s1. The molecule has 0 radical (unpaired) electrons. The summed E-state index contributed by atoms with van der Waals surface area (Å²) >= 11 is 1.67. The average Bonchev–Trinajstić information content (AvgIpc) is 3.26. The third-order valence-electron chi connectivity index (χ3n) is 6.61. The second kappa shape index (κ2) is 11.4.